The number of nitriles is 1. The van der Waals surface area contributed by atoms with Gasteiger partial charge >= 0.3 is 0 Å². The van der Waals surface area contributed by atoms with E-state index in [2.05, 4.69) is 20.4 Å². The number of rotatable bonds is 6. The summed E-state index contributed by atoms with van der Waals surface area (Å²) >= 11 is 1.25. The normalized spacial score (nSPS) is 10.5. The molecular weight excluding hydrogens is 391 g/mol. The maximum Gasteiger partial charge on any atom is 0.202 e. The molecule has 7 nitrogen and oxygen atoms in total. The van der Waals surface area contributed by atoms with E-state index in [1.807, 2.05) is 41.0 Å². The molecule has 0 fully saturated rings. The van der Waals surface area contributed by atoms with Crippen LogP contribution in [0.1, 0.15) is 11.5 Å². The Labute approximate surface area is 169 Å². The van der Waals surface area contributed by atoms with Crippen LogP contribution in [0.2, 0.25) is 0 Å². The lowest BCUT2D eigenvalue weighted by Gasteiger charge is -2.11. The average Bonchev–Trinajstić information content (AvgIpc) is 3.16. The van der Waals surface area contributed by atoms with Crippen LogP contribution in [0.25, 0.3) is 5.69 Å². The van der Waals surface area contributed by atoms with E-state index in [1.165, 1.54) is 17.8 Å². The van der Waals surface area contributed by atoms with Crippen molar-refractivity contribution in [3.8, 4) is 17.5 Å². The quantitative estimate of drug-likeness (QED) is 0.483. The molecule has 0 aliphatic rings. The first-order chi connectivity index (χ1) is 14.2. The zero-order valence-corrected chi connectivity index (χ0v) is 15.8. The Balaban J connectivity index is 1.65. The van der Waals surface area contributed by atoms with Crippen molar-refractivity contribution in [3.63, 3.8) is 0 Å². The monoisotopic (exact) mass is 404 g/mol. The van der Waals surface area contributed by atoms with Crippen LogP contribution < -0.4 is 4.74 Å². The van der Waals surface area contributed by atoms with E-state index in [-0.39, 0.29) is 18.1 Å². The molecule has 29 heavy (non-hydrogen) atoms. The van der Waals surface area contributed by atoms with Crippen LogP contribution in [0, 0.1) is 17.1 Å². The number of aromatic nitrogens is 5. The second kappa shape index (κ2) is 8.50. The van der Waals surface area contributed by atoms with Crippen LogP contribution in [0.15, 0.2) is 76.9 Å². The van der Waals surface area contributed by atoms with Crippen LogP contribution in [0.4, 0.5) is 4.39 Å². The number of ether oxygens (including phenoxy) is 1. The molecule has 0 aliphatic heterocycles. The molecule has 0 radical (unpaired) electrons. The standard InChI is InChI=1S/C20H13FN6OS/c21-16-8-4-5-9-17(16)28-13-18-24-26-20(27(18)15-6-2-1-3-7-15)29-19-11-10-14(12-22)23-25-19/h1-11H,13H2. The highest BCUT2D eigenvalue weighted by Gasteiger charge is 2.17. The smallest absolute Gasteiger partial charge is 0.202 e. The summed E-state index contributed by atoms with van der Waals surface area (Å²) in [4.78, 5) is 0. The highest BCUT2D eigenvalue weighted by atomic mass is 32.2. The first-order valence-electron chi connectivity index (χ1n) is 8.53. The van der Waals surface area contributed by atoms with Gasteiger partial charge in [-0.1, -0.05) is 30.3 Å². The molecule has 4 rings (SSSR count). The molecule has 0 unspecified atom stereocenters. The number of hydrogen-bond donors (Lipinski definition) is 0. The summed E-state index contributed by atoms with van der Waals surface area (Å²) in [5.41, 5.74) is 1.06. The fourth-order valence-corrected chi connectivity index (χ4v) is 3.32. The van der Waals surface area contributed by atoms with Gasteiger partial charge in [0.2, 0.25) is 5.16 Å². The third kappa shape index (κ3) is 4.23. The van der Waals surface area contributed by atoms with Gasteiger partial charge in [0.25, 0.3) is 0 Å². The molecule has 0 saturated carbocycles. The fraction of sp³-hybridized carbons (Fsp3) is 0.0500. The number of halogens is 1. The predicted octanol–water partition coefficient (Wildman–Crippen LogP) is 3.80. The highest BCUT2D eigenvalue weighted by Crippen LogP contribution is 2.28. The summed E-state index contributed by atoms with van der Waals surface area (Å²) in [6.45, 7) is 0.0302. The van der Waals surface area contributed by atoms with Crippen molar-refractivity contribution >= 4 is 11.8 Å². The first-order valence-corrected chi connectivity index (χ1v) is 9.35. The molecule has 2 heterocycles. The minimum Gasteiger partial charge on any atom is -0.483 e. The van der Waals surface area contributed by atoms with Crippen molar-refractivity contribution in [1.29, 1.82) is 5.26 Å². The Morgan fingerprint density at radius 1 is 0.931 bits per heavy atom. The van der Waals surface area contributed by atoms with Gasteiger partial charge in [-0.3, -0.25) is 4.57 Å². The molecule has 0 saturated heterocycles. The van der Waals surface area contributed by atoms with E-state index in [0.717, 1.165) is 5.69 Å². The molecule has 0 atom stereocenters. The molecule has 0 bridgehead atoms. The number of para-hydroxylation sites is 2. The van der Waals surface area contributed by atoms with Gasteiger partial charge in [-0.15, -0.1) is 20.4 Å². The van der Waals surface area contributed by atoms with Crippen LogP contribution in [0.5, 0.6) is 5.75 Å². The summed E-state index contributed by atoms with van der Waals surface area (Å²) in [6, 6.07) is 20.9. The van der Waals surface area contributed by atoms with Gasteiger partial charge in [-0.2, -0.15) is 5.26 Å². The second-order valence-electron chi connectivity index (χ2n) is 5.76. The molecule has 9 heteroatoms. The minimum absolute atomic E-state index is 0.0302. The Kier molecular flexibility index (Phi) is 5.45. The van der Waals surface area contributed by atoms with Crippen molar-refractivity contribution in [1.82, 2.24) is 25.0 Å². The Morgan fingerprint density at radius 3 is 2.45 bits per heavy atom. The van der Waals surface area contributed by atoms with Gasteiger partial charge in [0.15, 0.2) is 23.1 Å². The van der Waals surface area contributed by atoms with Crippen molar-refractivity contribution in [3.05, 3.63) is 84.1 Å². The number of hydrogen-bond acceptors (Lipinski definition) is 7. The third-order valence-corrected chi connectivity index (χ3v) is 4.73. The van der Waals surface area contributed by atoms with E-state index in [4.69, 9.17) is 10.00 Å². The van der Waals surface area contributed by atoms with Crippen molar-refractivity contribution in [2.75, 3.05) is 0 Å². The lowest BCUT2D eigenvalue weighted by atomic mass is 10.3. The molecule has 2 aromatic carbocycles. The van der Waals surface area contributed by atoms with Gasteiger partial charge in [0.05, 0.1) is 0 Å². The predicted molar refractivity (Wildman–Crippen MR) is 103 cm³/mol. The van der Waals surface area contributed by atoms with Gasteiger partial charge in [-0.05, 0) is 48.2 Å². The Hall–Kier alpha value is -3.77. The Morgan fingerprint density at radius 2 is 1.72 bits per heavy atom. The average molecular weight is 404 g/mol. The maximum absolute atomic E-state index is 13.9. The van der Waals surface area contributed by atoms with Gasteiger partial charge in [-0.25, -0.2) is 4.39 Å². The summed E-state index contributed by atoms with van der Waals surface area (Å²) in [5.74, 6) is 0.201. The maximum atomic E-state index is 13.9. The second-order valence-corrected chi connectivity index (χ2v) is 6.75. The van der Waals surface area contributed by atoms with E-state index in [0.29, 0.717) is 16.0 Å². The van der Waals surface area contributed by atoms with Gasteiger partial charge < -0.3 is 4.74 Å². The summed E-state index contributed by atoms with van der Waals surface area (Å²) in [7, 11) is 0. The first kappa shape index (κ1) is 18.6. The molecule has 0 spiro atoms. The molecule has 0 aliphatic carbocycles. The molecule has 2 aromatic heterocycles. The van der Waals surface area contributed by atoms with Crippen molar-refractivity contribution in [2.45, 2.75) is 16.8 Å². The molecule has 142 valence electrons. The molecular formula is C20H13FN6OS. The van der Waals surface area contributed by atoms with Gasteiger partial charge in [0.1, 0.15) is 17.7 Å². The van der Waals surface area contributed by atoms with Gasteiger partial charge in [0, 0.05) is 5.69 Å². The highest BCUT2D eigenvalue weighted by molar-refractivity contribution is 7.99. The molecule has 0 N–H and O–H groups in total. The molecule has 0 amide bonds. The summed E-state index contributed by atoms with van der Waals surface area (Å²) in [6.07, 6.45) is 0. The number of nitrogens with zero attached hydrogens (tertiary/aromatic N) is 6. The zero-order chi connectivity index (χ0) is 20.1. The third-order valence-electron chi connectivity index (χ3n) is 3.86. The lowest BCUT2D eigenvalue weighted by molar-refractivity contribution is 0.278. The largest absolute Gasteiger partial charge is 0.483 e. The van der Waals surface area contributed by atoms with Crippen LogP contribution in [0.3, 0.4) is 0 Å². The summed E-state index contributed by atoms with van der Waals surface area (Å²) in [5, 5.41) is 26.3. The van der Waals surface area contributed by atoms with E-state index in [1.54, 1.807) is 30.3 Å². The van der Waals surface area contributed by atoms with Crippen LogP contribution in [-0.2, 0) is 6.61 Å². The Bertz CT molecular complexity index is 1160. The fourth-order valence-electron chi connectivity index (χ4n) is 2.53. The van der Waals surface area contributed by atoms with Crippen molar-refractivity contribution < 1.29 is 9.13 Å². The minimum atomic E-state index is -0.444. The van der Waals surface area contributed by atoms with E-state index >= 15 is 0 Å². The van der Waals surface area contributed by atoms with Crippen LogP contribution >= 0.6 is 11.8 Å². The zero-order valence-electron chi connectivity index (χ0n) is 14.9. The van der Waals surface area contributed by atoms with Crippen LogP contribution in [-0.4, -0.2) is 25.0 Å². The van der Waals surface area contributed by atoms with E-state index < -0.39 is 5.82 Å². The topological polar surface area (TPSA) is 89.5 Å². The summed E-state index contributed by atoms with van der Waals surface area (Å²) < 4.78 is 21.3. The van der Waals surface area contributed by atoms with E-state index in [9.17, 15) is 4.39 Å². The SMILES string of the molecule is N#Cc1ccc(Sc2nnc(COc3ccccc3F)n2-c2ccccc2)nn1. The van der Waals surface area contributed by atoms with Crippen molar-refractivity contribution in [2.24, 2.45) is 0 Å². The lowest BCUT2D eigenvalue weighted by Crippen LogP contribution is -2.07. The number of benzene rings is 2. The molecule has 4 aromatic rings.